The maximum Gasteiger partial charge on any atom is 0.0468 e. The molecule has 0 aliphatic heterocycles. The monoisotopic (exact) mass is 267 g/mol. The molecule has 100 valence electrons. The first-order chi connectivity index (χ1) is 8.65. The Morgan fingerprint density at radius 2 is 2.00 bits per heavy atom. The fourth-order valence-electron chi connectivity index (χ4n) is 2.25. The Labute approximate surface area is 115 Å². The molecule has 1 fully saturated rings. The van der Waals surface area contributed by atoms with Gasteiger partial charge in [0.1, 0.15) is 0 Å². The Hall–Kier alpha value is -0.570. The van der Waals surface area contributed by atoms with Gasteiger partial charge in [0.2, 0.25) is 0 Å². The van der Waals surface area contributed by atoms with Crippen LogP contribution in [0.2, 0.25) is 5.02 Å². The number of hydrogen-bond donors (Lipinski definition) is 1. The molecule has 2 nitrogen and oxygen atoms in total. The van der Waals surface area contributed by atoms with E-state index in [1.165, 1.54) is 24.8 Å². The highest BCUT2D eigenvalue weighted by molar-refractivity contribution is 6.30. The number of benzene rings is 1. The molecule has 1 aromatic rings. The third-order valence-corrected chi connectivity index (χ3v) is 4.20. The summed E-state index contributed by atoms with van der Waals surface area (Å²) in [5.74, 6) is 0. The minimum atomic E-state index is 0.377. The summed E-state index contributed by atoms with van der Waals surface area (Å²) in [6.07, 6.45) is 3.83. The Balaban J connectivity index is 1.81. The zero-order valence-corrected chi connectivity index (χ0v) is 12.0. The summed E-state index contributed by atoms with van der Waals surface area (Å²) in [6, 6.07) is 8.46. The first-order valence-corrected chi connectivity index (χ1v) is 7.01. The maximum absolute atomic E-state index is 5.90. The van der Waals surface area contributed by atoms with Crippen molar-refractivity contribution in [3.63, 3.8) is 0 Å². The summed E-state index contributed by atoms with van der Waals surface area (Å²) in [5, 5.41) is 4.43. The van der Waals surface area contributed by atoms with Crippen molar-refractivity contribution in [1.82, 2.24) is 5.32 Å². The summed E-state index contributed by atoms with van der Waals surface area (Å²) < 4.78 is 5.18. The predicted octanol–water partition coefficient (Wildman–Crippen LogP) is 3.81. The molecule has 0 aromatic heterocycles. The summed E-state index contributed by atoms with van der Waals surface area (Å²) in [7, 11) is 1.78. The predicted molar refractivity (Wildman–Crippen MR) is 76.0 cm³/mol. The topological polar surface area (TPSA) is 21.3 Å². The molecule has 1 atom stereocenters. The van der Waals surface area contributed by atoms with Crippen molar-refractivity contribution in [2.75, 3.05) is 20.3 Å². The highest BCUT2D eigenvalue weighted by atomic mass is 35.5. The summed E-state index contributed by atoms with van der Waals surface area (Å²) in [6.45, 7) is 4.16. The normalized spacial score (nSPS) is 18.6. The van der Waals surface area contributed by atoms with Gasteiger partial charge in [0.25, 0.3) is 0 Å². The van der Waals surface area contributed by atoms with Gasteiger partial charge in [-0.1, -0.05) is 23.7 Å². The number of nitrogens with one attached hydrogen (secondary N) is 1. The molecule has 1 unspecified atom stereocenters. The van der Waals surface area contributed by atoms with Gasteiger partial charge in [0.05, 0.1) is 0 Å². The number of hydrogen-bond acceptors (Lipinski definition) is 2. The first kappa shape index (κ1) is 13.9. The van der Waals surface area contributed by atoms with Crippen molar-refractivity contribution in [3.05, 3.63) is 34.9 Å². The fraction of sp³-hybridized carbons (Fsp3) is 0.600. The molecular formula is C15H22ClNO. The molecule has 0 spiro atoms. The van der Waals surface area contributed by atoms with Crippen LogP contribution in [0.4, 0.5) is 0 Å². The van der Waals surface area contributed by atoms with E-state index < -0.39 is 0 Å². The maximum atomic E-state index is 5.90. The van der Waals surface area contributed by atoms with E-state index in [1.807, 2.05) is 12.1 Å². The van der Waals surface area contributed by atoms with Crippen LogP contribution in [0.25, 0.3) is 0 Å². The van der Waals surface area contributed by atoms with E-state index in [-0.39, 0.29) is 0 Å². The van der Waals surface area contributed by atoms with E-state index in [1.54, 1.807) is 7.11 Å². The van der Waals surface area contributed by atoms with Crippen molar-refractivity contribution in [1.29, 1.82) is 0 Å². The lowest BCUT2D eigenvalue weighted by molar-refractivity contribution is 0.170. The Kier molecular flexibility index (Phi) is 4.66. The van der Waals surface area contributed by atoms with E-state index >= 15 is 0 Å². The SMILES string of the molecule is COCCC1(CNC(C)c2ccc(Cl)cc2)CC1. The van der Waals surface area contributed by atoms with Gasteiger partial charge < -0.3 is 10.1 Å². The second-order valence-electron chi connectivity index (χ2n) is 5.40. The second kappa shape index (κ2) is 6.05. The minimum absolute atomic E-state index is 0.377. The standard InChI is InChI=1S/C15H22ClNO/c1-12(13-3-5-14(16)6-4-13)17-11-15(7-8-15)9-10-18-2/h3-6,12,17H,7-11H2,1-2H3. The Morgan fingerprint density at radius 3 is 2.56 bits per heavy atom. The third-order valence-electron chi connectivity index (χ3n) is 3.95. The van der Waals surface area contributed by atoms with Crippen LogP contribution < -0.4 is 5.32 Å². The summed E-state index contributed by atoms with van der Waals surface area (Å²) >= 11 is 5.90. The quantitative estimate of drug-likeness (QED) is 0.811. The van der Waals surface area contributed by atoms with Crippen LogP contribution in [0.3, 0.4) is 0 Å². The minimum Gasteiger partial charge on any atom is -0.385 e. The molecule has 18 heavy (non-hydrogen) atoms. The molecule has 2 rings (SSSR count). The summed E-state index contributed by atoms with van der Waals surface area (Å²) in [5.41, 5.74) is 1.79. The molecule has 0 heterocycles. The second-order valence-corrected chi connectivity index (χ2v) is 5.83. The zero-order chi connectivity index (χ0) is 13.0. The molecular weight excluding hydrogens is 246 g/mol. The van der Waals surface area contributed by atoms with Gasteiger partial charge in [-0.2, -0.15) is 0 Å². The van der Waals surface area contributed by atoms with Crippen LogP contribution in [-0.4, -0.2) is 20.3 Å². The largest absolute Gasteiger partial charge is 0.385 e. The molecule has 0 amide bonds. The number of halogens is 1. The van der Waals surface area contributed by atoms with Crippen molar-refractivity contribution < 1.29 is 4.74 Å². The molecule has 1 aliphatic carbocycles. The van der Waals surface area contributed by atoms with Crippen molar-refractivity contribution in [2.45, 2.75) is 32.2 Å². The van der Waals surface area contributed by atoms with E-state index in [0.717, 1.165) is 18.2 Å². The molecule has 1 aromatic carbocycles. The number of methoxy groups -OCH3 is 1. The number of ether oxygens (including phenoxy) is 1. The average Bonchev–Trinajstić information content (AvgIpc) is 3.15. The van der Waals surface area contributed by atoms with Gasteiger partial charge in [-0.25, -0.2) is 0 Å². The Bertz CT molecular complexity index is 373. The molecule has 1 N–H and O–H groups in total. The van der Waals surface area contributed by atoms with Crippen LogP contribution in [0, 0.1) is 5.41 Å². The van der Waals surface area contributed by atoms with Crippen LogP contribution in [0.1, 0.15) is 37.8 Å². The van der Waals surface area contributed by atoms with Gasteiger partial charge in [0.15, 0.2) is 0 Å². The van der Waals surface area contributed by atoms with Crippen molar-refractivity contribution >= 4 is 11.6 Å². The molecule has 1 saturated carbocycles. The van der Waals surface area contributed by atoms with E-state index in [9.17, 15) is 0 Å². The molecule has 3 heteroatoms. The molecule has 0 radical (unpaired) electrons. The van der Waals surface area contributed by atoms with Gasteiger partial charge in [-0.05, 0) is 49.3 Å². The summed E-state index contributed by atoms with van der Waals surface area (Å²) in [4.78, 5) is 0. The van der Waals surface area contributed by atoms with Crippen LogP contribution in [0.15, 0.2) is 24.3 Å². The van der Waals surface area contributed by atoms with Crippen LogP contribution in [0.5, 0.6) is 0 Å². The lowest BCUT2D eigenvalue weighted by atomic mass is 10.0. The van der Waals surface area contributed by atoms with Gasteiger partial charge in [-0.15, -0.1) is 0 Å². The highest BCUT2D eigenvalue weighted by Crippen LogP contribution is 2.48. The zero-order valence-electron chi connectivity index (χ0n) is 11.2. The van der Waals surface area contributed by atoms with Gasteiger partial charge in [0, 0.05) is 31.3 Å². The smallest absolute Gasteiger partial charge is 0.0468 e. The highest BCUT2D eigenvalue weighted by Gasteiger charge is 2.41. The molecule has 1 aliphatic rings. The molecule has 0 bridgehead atoms. The lowest BCUT2D eigenvalue weighted by Gasteiger charge is -2.20. The van der Waals surface area contributed by atoms with E-state index in [4.69, 9.17) is 16.3 Å². The van der Waals surface area contributed by atoms with Crippen LogP contribution >= 0.6 is 11.6 Å². The van der Waals surface area contributed by atoms with E-state index in [2.05, 4.69) is 24.4 Å². The van der Waals surface area contributed by atoms with Gasteiger partial charge >= 0.3 is 0 Å². The van der Waals surface area contributed by atoms with Crippen molar-refractivity contribution in [2.24, 2.45) is 5.41 Å². The molecule has 0 saturated heterocycles. The Morgan fingerprint density at radius 1 is 1.33 bits per heavy atom. The average molecular weight is 268 g/mol. The third kappa shape index (κ3) is 3.71. The van der Waals surface area contributed by atoms with Crippen LogP contribution in [-0.2, 0) is 4.74 Å². The first-order valence-electron chi connectivity index (χ1n) is 6.63. The lowest BCUT2D eigenvalue weighted by Crippen LogP contribution is -2.27. The number of rotatable bonds is 7. The van der Waals surface area contributed by atoms with E-state index in [0.29, 0.717) is 11.5 Å². The van der Waals surface area contributed by atoms with Crippen molar-refractivity contribution in [3.8, 4) is 0 Å². The van der Waals surface area contributed by atoms with Gasteiger partial charge in [-0.3, -0.25) is 0 Å². The fourth-order valence-corrected chi connectivity index (χ4v) is 2.38.